The summed E-state index contributed by atoms with van der Waals surface area (Å²) in [7, 11) is 0. The molecule has 0 fully saturated rings. The van der Waals surface area contributed by atoms with Gasteiger partial charge in [-0.1, -0.05) is 37.3 Å². The SMILES string of the molecule is C[C@@H](CC(=O)Cc1cc2[nH]nc(NC(=O)CC(F)(F)F)c2cn1)c1ccccc1. The Bertz CT molecular complexity index is 1020. The summed E-state index contributed by atoms with van der Waals surface area (Å²) in [6.45, 7) is 1.98. The van der Waals surface area contributed by atoms with Crippen LogP contribution in [0, 0.1) is 0 Å². The number of hydrogen-bond acceptors (Lipinski definition) is 4. The predicted molar refractivity (Wildman–Crippen MR) is 101 cm³/mol. The molecule has 0 saturated carbocycles. The third-order valence-electron chi connectivity index (χ3n) is 4.40. The predicted octanol–water partition coefficient (Wildman–Crippen LogP) is 4.15. The molecule has 0 saturated heterocycles. The Labute approximate surface area is 164 Å². The minimum Gasteiger partial charge on any atom is -0.308 e. The van der Waals surface area contributed by atoms with Gasteiger partial charge in [0.25, 0.3) is 0 Å². The molecular weight excluding hydrogens is 385 g/mol. The third-order valence-corrected chi connectivity index (χ3v) is 4.40. The molecule has 0 bridgehead atoms. The van der Waals surface area contributed by atoms with Gasteiger partial charge in [0.2, 0.25) is 5.91 Å². The first-order valence-electron chi connectivity index (χ1n) is 8.97. The van der Waals surface area contributed by atoms with Crippen molar-refractivity contribution in [2.75, 3.05) is 5.32 Å². The van der Waals surface area contributed by atoms with Crippen molar-refractivity contribution in [2.45, 2.75) is 38.3 Å². The Morgan fingerprint density at radius 3 is 2.62 bits per heavy atom. The van der Waals surface area contributed by atoms with Crippen molar-refractivity contribution >= 4 is 28.4 Å². The topological polar surface area (TPSA) is 87.7 Å². The first-order valence-corrected chi connectivity index (χ1v) is 8.97. The number of Topliss-reactive ketones (excluding diaryl/α,β-unsaturated/α-hetero) is 1. The Balaban J connectivity index is 1.64. The average molecular weight is 404 g/mol. The van der Waals surface area contributed by atoms with E-state index in [9.17, 15) is 22.8 Å². The fourth-order valence-electron chi connectivity index (χ4n) is 3.02. The number of nitrogens with zero attached hydrogens (tertiary/aromatic N) is 2. The molecule has 2 aromatic heterocycles. The number of carbonyl (C=O) groups excluding carboxylic acids is 2. The van der Waals surface area contributed by atoms with E-state index in [-0.39, 0.29) is 23.9 Å². The second-order valence-electron chi connectivity index (χ2n) is 6.86. The number of benzene rings is 1. The van der Waals surface area contributed by atoms with Crippen molar-refractivity contribution in [2.24, 2.45) is 0 Å². The van der Waals surface area contributed by atoms with Crippen LogP contribution in [-0.2, 0) is 16.0 Å². The van der Waals surface area contributed by atoms with Crippen LogP contribution >= 0.6 is 0 Å². The molecule has 0 aliphatic rings. The molecule has 0 spiro atoms. The van der Waals surface area contributed by atoms with Gasteiger partial charge in [0.1, 0.15) is 12.2 Å². The van der Waals surface area contributed by atoms with E-state index >= 15 is 0 Å². The molecule has 1 amide bonds. The van der Waals surface area contributed by atoms with Gasteiger partial charge < -0.3 is 5.32 Å². The minimum atomic E-state index is -4.60. The molecule has 0 aliphatic carbocycles. The monoisotopic (exact) mass is 404 g/mol. The van der Waals surface area contributed by atoms with Gasteiger partial charge in [-0.2, -0.15) is 18.3 Å². The van der Waals surface area contributed by atoms with Crippen LogP contribution in [-0.4, -0.2) is 33.0 Å². The number of alkyl halides is 3. The smallest absolute Gasteiger partial charge is 0.308 e. The highest BCUT2D eigenvalue weighted by atomic mass is 19.4. The van der Waals surface area contributed by atoms with Gasteiger partial charge in [-0.25, -0.2) is 0 Å². The van der Waals surface area contributed by atoms with E-state index in [1.807, 2.05) is 37.3 Å². The third kappa shape index (κ3) is 5.63. The number of carbonyl (C=O) groups is 2. The van der Waals surface area contributed by atoms with Crippen molar-refractivity contribution in [3.63, 3.8) is 0 Å². The number of hydrogen-bond donors (Lipinski definition) is 2. The Morgan fingerprint density at radius 2 is 1.93 bits per heavy atom. The summed E-state index contributed by atoms with van der Waals surface area (Å²) in [4.78, 5) is 28.0. The van der Waals surface area contributed by atoms with Crippen molar-refractivity contribution in [1.29, 1.82) is 0 Å². The molecule has 2 N–H and O–H groups in total. The summed E-state index contributed by atoms with van der Waals surface area (Å²) < 4.78 is 36.9. The lowest BCUT2D eigenvalue weighted by molar-refractivity contribution is -0.150. The van der Waals surface area contributed by atoms with E-state index in [0.717, 1.165) is 5.56 Å². The molecule has 2 heterocycles. The summed E-state index contributed by atoms with van der Waals surface area (Å²) in [5.74, 6) is -1.14. The number of rotatable bonds is 7. The molecule has 0 radical (unpaired) electrons. The van der Waals surface area contributed by atoms with Crippen LogP contribution in [0.25, 0.3) is 10.9 Å². The maximum Gasteiger partial charge on any atom is 0.397 e. The van der Waals surface area contributed by atoms with Gasteiger partial charge >= 0.3 is 6.18 Å². The minimum absolute atomic E-state index is 0.0198. The summed E-state index contributed by atoms with van der Waals surface area (Å²) in [5.41, 5.74) is 2.07. The number of halogens is 3. The van der Waals surface area contributed by atoms with Gasteiger partial charge in [0.15, 0.2) is 5.82 Å². The van der Waals surface area contributed by atoms with Crippen LogP contribution in [0.15, 0.2) is 42.6 Å². The van der Waals surface area contributed by atoms with Gasteiger partial charge in [-0.3, -0.25) is 19.7 Å². The van der Waals surface area contributed by atoms with Crippen LogP contribution in [0.3, 0.4) is 0 Å². The maximum atomic E-state index is 12.4. The molecule has 3 aromatic rings. The van der Waals surface area contributed by atoms with Crippen LogP contribution in [0.5, 0.6) is 0 Å². The largest absolute Gasteiger partial charge is 0.397 e. The number of aromatic nitrogens is 3. The van der Waals surface area contributed by atoms with E-state index in [1.165, 1.54) is 6.20 Å². The highest BCUT2D eigenvalue weighted by Crippen LogP contribution is 2.24. The Kier molecular flexibility index (Phi) is 5.95. The Morgan fingerprint density at radius 1 is 1.21 bits per heavy atom. The summed E-state index contributed by atoms with van der Waals surface area (Å²) >= 11 is 0. The Hall–Kier alpha value is -3.23. The molecule has 29 heavy (non-hydrogen) atoms. The number of H-pyrrole nitrogens is 1. The highest BCUT2D eigenvalue weighted by molar-refractivity contribution is 5.99. The van der Waals surface area contributed by atoms with Gasteiger partial charge in [-0.15, -0.1) is 0 Å². The molecule has 1 aromatic carbocycles. The van der Waals surface area contributed by atoms with E-state index < -0.39 is 18.5 Å². The molecule has 9 heteroatoms. The average Bonchev–Trinajstić information content (AvgIpc) is 3.02. The highest BCUT2D eigenvalue weighted by Gasteiger charge is 2.31. The number of fused-ring (bicyclic) bond motifs is 1. The van der Waals surface area contributed by atoms with Crippen molar-refractivity contribution in [3.05, 3.63) is 53.9 Å². The fraction of sp³-hybridized carbons (Fsp3) is 0.300. The van der Waals surface area contributed by atoms with Crippen molar-refractivity contribution in [1.82, 2.24) is 15.2 Å². The molecule has 6 nitrogen and oxygen atoms in total. The number of anilines is 1. The lowest BCUT2D eigenvalue weighted by Crippen LogP contribution is -2.21. The van der Waals surface area contributed by atoms with E-state index in [4.69, 9.17) is 0 Å². The quantitative estimate of drug-likeness (QED) is 0.619. The molecular formula is C20H19F3N4O2. The molecule has 0 unspecified atom stereocenters. The van der Waals surface area contributed by atoms with Gasteiger partial charge in [0.05, 0.1) is 10.9 Å². The number of nitrogens with one attached hydrogen (secondary N) is 2. The zero-order valence-electron chi connectivity index (χ0n) is 15.6. The fourth-order valence-corrected chi connectivity index (χ4v) is 3.02. The van der Waals surface area contributed by atoms with Crippen molar-refractivity contribution in [3.8, 4) is 0 Å². The first kappa shape index (κ1) is 20.5. The van der Waals surface area contributed by atoms with E-state index in [0.29, 0.717) is 23.0 Å². The second kappa shape index (κ2) is 8.42. The van der Waals surface area contributed by atoms with Crippen LogP contribution in [0.2, 0.25) is 0 Å². The first-order chi connectivity index (χ1) is 13.7. The number of ketones is 1. The van der Waals surface area contributed by atoms with Gasteiger partial charge in [-0.05, 0) is 17.5 Å². The summed E-state index contributed by atoms with van der Waals surface area (Å²) in [6.07, 6.45) is -4.32. The standard InChI is InChI=1S/C20H19F3N4O2/c1-12(13-5-3-2-4-6-13)7-15(28)8-14-9-17-16(11-24-14)19(27-26-17)25-18(29)10-20(21,22)23/h2-6,9,11-12H,7-8,10H2,1H3,(H2,25,26,27,29)/t12-/m0/s1. The molecule has 0 aliphatic heterocycles. The molecule has 1 atom stereocenters. The molecule has 152 valence electrons. The van der Waals surface area contributed by atoms with Crippen LogP contribution in [0.4, 0.5) is 19.0 Å². The lowest BCUT2D eigenvalue weighted by atomic mass is 9.94. The van der Waals surface area contributed by atoms with E-state index in [1.54, 1.807) is 6.07 Å². The zero-order valence-corrected chi connectivity index (χ0v) is 15.6. The van der Waals surface area contributed by atoms with E-state index in [2.05, 4.69) is 20.5 Å². The molecule has 3 rings (SSSR count). The van der Waals surface area contributed by atoms with Crippen molar-refractivity contribution < 1.29 is 22.8 Å². The lowest BCUT2D eigenvalue weighted by Gasteiger charge is -2.10. The summed E-state index contributed by atoms with van der Waals surface area (Å²) in [5, 5.41) is 8.95. The van der Waals surface area contributed by atoms with Crippen LogP contribution < -0.4 is 5.32 Å². The number of amides is 1. The zero-order chi connectivity index (χ0) is 21.0. The van der Waals surface area contributed by atoms with Gasteiger partial charge in [0, 0.05) is 24.7 Å². The maximum absolute atomic E-state index is 12.4. The van der Waals surface area contributed by atoms with Crippen LogP contribution in [0.1, 0.15) is 36.9 Å². The number of aromatic amines is 1. The second-order valence-corrected chi connectivity index (χ2v) is 6.86. The summed E-state index contributed by atoms with van der Waals surface area (Å²) in [6, 6.07) is 11.3. The normalized spacial score (nSPS) is 12.7. The number of pyridine rings is 1.